The van der Waals surface area contributed by atoms with E-state index in [1.807, 2.05) is 6.92 Å². The number of esters is 1. The summed E-state index contributed by atoms with van der Waals surface area (Å²) >= 11 is 1.19. The summed E-state index contributed by atoms with van der Waals surface area (Å²) < 4.78 is 10.1. The number of hydrogen-bond donors (Lipinski definition) is 1. The number of thiophene rings is 1. The predicted molar refractivity (Wildman–Crippen MR) is 102 cm³/mol. The standard InChI is InChI=1S/C19H20N2O5S/c1-3-26-14-6-4-13(5-7-14)21-11-12(10-16(21)22)18(23)20-15-8-9-27-17(15)19(24)25-2/h4-9,12H,3,10-11H2,1-2H3,(H,20,23). The van der Waals surface area contributed by atoms with E-state index in [0.717, 1.165) is 11.4 Å². The largest absolute Gasteiger partial charge is 0.494 e. The molecule has 1 aliphatic heterocycles. The van der Waals surface area contributed by atoms with Crippen molar-refractivity contribution in [2.75, 3.05) is 30.5 Å². The van der Waals surface area contributed by atoms with Crippen molar-refractivity contribution in [3.8, 4) is 5.75 Å². The van der Waals surface area contributed by atoms with Gasteiger partial charge >= 0.3 is 5.97 Å². The fourth-order valence-electron chi connectivity index (χ4n) is 2.91. The van der Waals surface area contributed by atoms with Crippen LogP contribution in [0.1, 0.15) is 23.0 Å². The molecule has 2 aromatic rings. The Balaban J connectivity index is 1.67. The number of rotatable bonds is 6. The van der Waals surface area contributed by atoms with Gasteiger partial charge in [-0.1, -0.05) is 0 Å². The van der Waals surface area contributed by atoms with Crippen molar-refractivity contribution in [3.63, 3.8) is 0 Å². The van der Waals surface area contributed by atoms with E-state index >= 15 is 0 Å². The average molecular weight is 388 g/mol. The lowest BCUT2D eigenvalue weighted by Gasteiger charge is -2.17. The van der Waals surface area contributed by atoms with Crippen LogP contribution in [0, 0.1) is 5.92 Å². The van der Waals surface area contributed by atoms with Gasteiger partial charge in [0.15, 0.2) is 0 Å². The topological polar surface area (TPSA) is 84.9 Å². The second kappa shape index (κ2) is 8.22. The maximum absolute atomic E-state index is 12.6. The molecule has 0 bridgehead atoms. The quantitative estimate of drug-likeness (QED) is 0.769. The molecule has 3 rings (SSSR count). The molecule has 1 fully saturated rings. The van der Waals surface area contributed by atoms with Gasteiger partial charge in [0.2, 0.25) is 11.8 Å². The van der Waals surface area contributed by atoms with Gasteiger partial charge in [-0.2, -0.15) is 0 Å². The third kappa shape index (κ3) is 4.11. The van der Waals surface area contributed by atoms with E-state index < -0.39 is 11.9 Å². The first-order valence-electron chi connectivity index (χ1n) is 8.53. The van der Waals surface area contributed by atoms with Crippen molar-refractivity contribution in [1.29, 1.82) is 0 Å². The monoisotopic (exact) mass is 388 g/mol. The number of anilines is 2. The van der Waals surface area contributed by atoms with Gasteiger partial charge in [0, 0.05) is 18.7 Å². The van der Waals surface area contributed by atoms with Crippen LogP contribution < -0.4 is 15.0 Å². The molecule has 8 heteroatoms. The number of hydrogen-bond acceptors (Lipinski definition) is 6. The molecule has 0 radical (unpaired) electrons. The third-order valence-electron chi connectivity index (χ3n) is 4.25. The molecule has 1 saturated heterocycles. The fraction of sp³-hybridized carbons (Fsp3) is 0.316. The van der Waals surface area contributed by atoms with Crippen molar-refractivity contribution < 1.29 is 23.9 Å². The summed E-state index contributed by atoms with van der Waals surface area (Å²) in [6, 6.07) is 8.85. The van der Waals surface area contributed by atoms with Gasteiger partial charge in [0.05, 0.1) is 25.3 Å². The molecule has 0 aliphatic carbocycles. The Labute approximate surface area is 160 Å². The molecule has 27 heavy (non-hydrogen) atoms. The zero-order valence-electron chi connectivity index (χ0n) is 15.1. The summed E-state index contributed by atoms with van der Waals surface area (Å²) in [6.45, 7) is 2.76. The van der Waals surface area contributed by atoms with Gasteiger partial charge in [-0.3, -0.25) is 9.59 Å². The van der Waals surface area contributed by atoms with Crippen LogP contribution in [0.25, 0.3) is 0 Å². The zero-order chi connectivity index (χ0) is 19.4. The van der Waals surface area contributed by atoms with Gasteiger partial charge in [-0.25, -0.2) is 4.79 Å². The number of carbonyl (C=O) groups excluding carboxylic acids is 3. The van der Waals surface area contributed by atoms with E-state index in [2.05, 4.69) is 5.32 Å². The second-order valence-corrected chi connectivity index (χ2v) is 6.89. The highest BCUT2D eigenvalue weighted by Crippen LogP contribution is 2.29. The maximum Gasteiger partial charge on any atom is 0.350 e. The van der Waals surface area contributed by atoms with E-state index in [4.69, 9.17) is 9.47 Å². The number of amides is 2. The van der Waals surface area contributed by atoms with Crippen molar-refractivity contribution in [2.24, 2.45) is 5.92 Å². The first kappa shape index (κ1) is 18.9. The Morgan fingerprint density at radius 1 is 1.26 bits per heavy atom. The van der Waals surface area contributed by atoms with Crippen molar-refractivity contribution >= 4 is 40.5 Å². The van der Waals surface area contributed by atoms with Crippen molar-refractivity contribution in [1.82, 2.24) is 0 Å². The summed E-state index contributed by atoms with van der Waals surface area (Å²) in [5.41, 5.74) is 1.13. The minimum absolute atomic E-state index is 0.113. The first-order valence-corrected chi connectivity index (χ1v) is 9.41. The van der Waals surface area contributed by atoms with Crippen molar-refractivity contribution in [2.45, 2.75) is 13.3 Å². The number of nitrogens with one attached hydrogen (secondary N) is 1. The van der Waals surface area contributed by atoms with Crippen LogP contribution >= 0.6 is 11.3 Å². The summed E-state index contributed by atoms with van der Waals surface area (Å²) in [5, 5.41) is 4.44. The molecule has 1 aromatic heterocycles. The Hall–Kier alpha value is -2.87. The number of ether oxygens (including phenoxy) is 2. The number of methoxy groups -OCH3 is 1. The Bertz CT molecular complexity index is 846. The molecule has 2 amide bonds. The minimum Gasteiger partial charge on any atom is -0.494 e. The molecule has 1 N–H and O–H groups in total. The van der Waals surface area contributed by atoms with E-state index in [1.54, 1.807) is 40.6 Å². The lowest BCUT2D eigenvalue weighted by atomic mass is 10.1. The highest BCUT2D eigenvalue weighted by molar-refractivity contribution is 7.12. The van der Waals surface area contributed by atoms with Crippen LogP contribution in [0.15, 0.2) is 35.7 Å². The van der Waals surface area contributed by atoms with Gasteiger partial charge < -0.3 is 19.7 Å². The summed E-state index contributed by atoms with van der Waals surface area (Å²) in [7, 11) is 1.29. The average Bonchev–Trinajstić information content (AvgIpc) is 3.28. The summed E-state index contributed by atoms with van der Waals surface area (Å²) in [5.74, 6) is -0.665. The molecule has 7 nitrogen and oxygen atoms in total. The molecule has 2 heterocycles. The highest BCUT2D eigenvalue weighted by atomic mass is 32.1. The lowest BCUT2D eigenvalue weighted by molar-refractivity contribution is -0.122. The van der Waals surface area contributed by atoms with Gasteiger partial charge in [-0.05, 0) is 42.6 Å². The summed E-state index contributed by atoms with van der Waals surface area (Å²) in [4.78, 5) is 38.6. The van der Waals surface area contributed by atoms with Crippen LogP contribution in [0.5, 0.6) is 5.75 Å². The number of carbonyl (C=O) groups is 3. The minimum atomic E-state index is -0.501. The normalized spacial score (nSPS) is 16.3. The number of nitrogens with zero attached hydrogens (tertiary/aromatic N) is 1. The van der Waals surface area contributed by atoms with E-state index in [0.29, 0.717) is 17.2 Å². The SMILES string of the molecule is CCOc1ccc(N2CC(C(=O)Nc3ccsc3C(=O)OC)CC2=O)cc1. The molecular formula is C19H20N2O5S. The Morgan fingerprint density at radius 3 is 2.67 bits per heavy atom. The molecule has 1 aromatic carbocycles. The highest BCUT2D eigenvalue weighted by Gasteiger charge is 2.35. The van der Waals surface area contributed by atoms with Gasteiger partial charge in [0.1, 0.15) is 10.6 Å². The van der Waals surface area contributed by atoms with E-state index in [-0.39, 0.29) is 24.8 Å². The smallest absolute Gasteiger partial charge is 0.350 e. The zero-order valence-corrected chi connectivity index (χ0v) is 15.9. The number of benzene rings is 1. The second-order valence-electron chi connectivity index (χ2n) is 5.98. The van der Waals surface area contributed by atoms with E-state index in [1.165, 1.54) is 18.4 Å². The molecule has 0 spiro atoms. The third-order valence-corrected chi connectivity index (χ3v) is 5.14. The molecule has 1 atom stereocenters. The van der Waals surface area contributed by atoms with E-state index in [9.17, 15) is 14.4 Å². The fourth-order valence-corrected chi connectivity index (χ4v) is 3.68. The predicted octanol–water partition coefficient (Wildman–Crippen LogP) is 2.93. The van der Waals surface area contributed by atoms with Crippen LogP contribution in [-0.2, 0) is 14.3 Å². The van der Waals surface area contributed by atoms with Crippen LogP contribution in [0.4, 0.5) is 11.4 Å². The van der Waals surface area contributed by atoms with Gasteiger partial charge in [0.25, 0.3) is 0 Å². The van der Waals surface area contributed by atoms with Crippen LogP contribution in [-0.4, -0.2) is 38.0 Å². The van der Waals surface area contributed by atoms with Crippen LogP contribution in [0.2, 0.25) is 0 Å². The Kier molecular flexibility index (Phi) is 5.75. The molecular weight excluding hydrogens is 368 g/mol. The lowest BCUT2D eigenvalue weighted by Crippen LogP contribution is -2.28. The van der Waals surface area contributed by atoms with Crippen LogP contribution in [0.3, 0.4) is 0 Å². The molecule has 0 saturated carbocycles. The first-order chi connectivity index (χ1) is 13.0. The molecule has 1 unspecified atom stereocenters. The van der Waals surface area contributed by atoms with Gasteiger partial charge in [-0.15, -0.1) is 11.3 Å². The Morgan fingerprint density at radius 2 is 2.00 bits per heavy atom. The van der Waals surface area contributed by atoms with Crippen molar-refractivity contribution in [3.05, 3.63) is 40.6 Å². The maximum atomic E-state index is 12.6. The molecule has 142 valence electrons. The molecule has 1 aliphatic rings. The summed E-state index contributed by atoms with van der Waals surface area (Å²) in [6.07, 6.45) is 0.122.